The second-order valence-electron chi connectivity index (χ2n) is 5.06. The molecule has 0 spiro atoms. The summed E-state index contributed by atoms with van der Waals surface area (Å²) in [4.78, 5) is 0.0430. The number of nitrogens with one attached hydrogen (secondary N) is 1. The zero-order valence-corrected chi connectivity index (χ0v) is 14.1. The van der Waals surface area contributed by atoms with Crippen molar-refractivity contribution in [2.45, 2.75) is 17.4 Å². The third-order valence-electron chi connectivity index (χ3n) is 3.13. The first-order valence-electron chi connectivity index (χ1n) is 6.46. The van der Waals surface area contributed by atoms with Gasteiger partial charge in [-0.3, -0.25) is 0 Å². The van der Waals surface area contributed by atoms with Gasteiger partial charge in [0.2, 0.25) is 10.0 Å². The van der Waals surface area contributed by atoms with E-state index >= 15 is 0 Å². The molecule has 2 rings (SSSR count). The Kier molecular flexibility index (Phi) is 5.59. The number of halogens is 1. The molecule has 1 heterocycles. The molecular formula is C13H18FNO3S3. The number of sulfonamides is 1. The Labute approximate surface area is 132 Å². The van der Waals surface area contributed by atoms with Crippen LogP contribution in [0, 0.1) is 12.7 Å². The molecule has 1 aromatic rings. The lowest BCUT2D eigenvalue weighted by molar-refractivity contribution is 0.0962. The van der Waals surface area contributed by atoms with Crippen molar-refractivity contribution in [2.24, 2.45) is 0 Å². The number of rotatable bonds is 4. The summed E-state index contributed by atoms with van der Waals surface area (Å²) in [6.07, 6.45) is 0. The highest BCUT2D eigenvalue weighted by Crippen LogP contribution is 2.25. The Morgan fingerprint density at radius 1 is 1.33 bits per heavy atom. The third kappa shape index (κ3) is 4.59. The lowest BCUT2D eigenvalue weighted by Crippen LogP contribution is -2.46. The van der Waals surface area contributed by atoms with Crippen LogP contribution >= 0.6 is 23.5 Å². The van der Waals surface area contributed by atoms with E-state index in [9.17, 15) is 17.9 Å². The second kappa shape index (κ2) is 6.87. The number of hydrogen-bond acceptors (Lipinski definition) is 5. The van der Waals surface area contributed by atoms with Gasteiger partial charge in [0, 0.05) is 29.6 Å². The Morgan fingerprint density at radius 3 is 2.52 bits per heavy atom. The number of aryl methyl sites for hydroxylation is 1. The van der Waals surface area contributed by atoms with Gasteiger partial charge in [-0.15, -0.1) is 0 Å². The molecule has 0 amide bonds. The topological polar surface area (TPSA) is 66.4 Å². The highest BCUT2D eigenvalue weighted by Gasteiger charge is 2.31. The van der Waals surface area contributed by atoms with E-state index in [2.05, 4.69) is 4.72 Å². The van der Waals surface area contributed by atoms with Crippen LogP contribution in [-0.2, 0) is 10.0 Å². The van der Waals surface area contributed by atoms with Crippen LogP contribution in [0.3, 0.4) is 0 Å². The quantitative estimate of drug-likeness (QED) is 0.863. The van der Waals surface area contributed by atoms with Crippen LogP contribution in [0.25, 0.3) is 0 Å². The van der Waals surface area contributed by atoms with Gasteiger partial charge in [0.15, 0.2) is 0 Å². The Morgan fingerprint density at radius 2 is 1.95 bits per heavy atom. The third-order valence-corrected chi connectivity index (χ3v) is 7.42. The molecule has 118 valence electrons. The van der Waals surface area contributed by atoms with Crippen LogP contribution in [0.4, 0.5) is 4.39 Å². The summed E-state index contributed by atoms with van der Waals surface area (Å²) < 4.78 is 40.1. The van der Waals surface area contributed by atoms with Gasteiger partial charge in [0.05, 0.1) is 10.5 Å². The van der Waals surface area contributed by atoms with Crippen molar-refractivity contribution in [3.05, 3.63) is 29.6 Å². The van der Waals surface area contributed by atoms with E-state index in [0.29, 0.717) is 17.1 Å². The molecule has 0 radical (unpaired) electrons. The summed E-state index contributed by atoms with van der Waals surface area (Å²) in [6, 6.07) is 3.54. The smallest absolute Gasteiger partial charge is 0.240 e. The van der Waals surface area contributed by atoms with Crippen molar-refractivity contribution in [3.8, 4) is 0 Å². The zero-order chi connectivity index (χ0) is 15.5. The highest BCUT2D eigenvalue weighted by molar-refractivity contribution is 8.03. The van der Waals surface area contributed by atoms with Gasteiger partial charge in [-0.1, -0.05) is 0 Å². The van der Waals surface area contributed by atoms with E-state index in [1.54, 1.807) is 30.4 Å². The van der Waals surface area contributed by atoms with E-state index in [0.717, 1.165) is 17.6 Å². The molecule has 0 bridgehead atoms. The predicted molar refractivity (Wildman–Crippen MR) is 85.9 cm³/mol. The largest absolute Gasteiger partial charge is 0.387 e. The fourth-order valence-corrected chi connectivity index (χ4v) is 5.88. The molecule has 21 heavy (non-hydrogen) atoms. The minimum absolute atomic E-state index is 0.0356. The minimum atomic E-state index is -3.75. The molecule has 2 N–H and O–H groups in total. The lowest BCUT2D eigenvalue weighted by atomic mass is 10.1. The first-order valence-corrected chi connectivity index (χ1v) is 10.3. The Hall–Kier alpha value is -0.280. The summed E-state index contributed by atoms with van der Waals surface area (Å²) >= 11 is 3.24. The molecule has 1 aliphatic rings. The number of hydrogen-bond donors (Lipinski definition) is 2. The maximum Gasteiger partial charge on any atom is 0.240 e. The molecule has 1 aliphatic heterocycles. The fourth-order valence-electron chi connectivity index (χ4n) is 2.01. The molecule has 0 aromatic heterocycles. The van der Waals surface area contributed by atoms with E-state index < -0.39 is 21.4 Å². The summed E-state index contributed by atoms with van der Waals surface area (Å²) in [7, 11) is -3.75. The van der Waals surface area contributed by atoms with Crippen LogP contribution < -0.4 is 4.72 Å². The fraction of sp³-hybridized carbons (Fsp3) is 0.538. The van der Waals surface area contributed by atoms with Crippen molar-refractivity contribution in [1.82, 2.24) is 4.72 Å². The van der Waals surface area contributed by atoms with Gasteiger partial charge < -0.3 is 5.11 Å². The van der Waals surface area contributed by atoms with Gasteiger partial charge in [0.1, 0.15) is 5.82 Å². The predicted octanol–water partition coefficient (Wildman–Crippen LogP) is 1.62. The maximum absolute atomic E-state index is 13.1. The van der Waals surface area contributed by atoms with Crippen LogP contribution in [0.15, 0.2) is 23.1 Å². The van der Waals surface area contributed by atoms with Crippen LogP contribution in [-0.4, -0.2) is 48.7 Å². The van der Waals surface area contributed by atoms with E-state index in [1.165, 1.54) is 12.1 Å². The average molecular weight is 351 g/mol. The molecule has 4 nitrogen and oxygen atoms in total. The lowest BCUT2D eigenvalue weighted by Gasteiger charge is -2.25. The van der Waals surface area contributed by atoms with E-state index in [1.807, 2.05) is 0 Å². The van der Waals surface area contributed by atoms with E-state index in [4.69, 9.17) is 0 Å². The maximum atomic E-state index is 13.1. The van der Waals surface area contributed by atoms with Crippen molar-refractivity contribution in [1.29, 1.82) is 0 Å². The molecular weight excluding hydrogens is 333 g/mol. The second-order valence-corrected chi connectivity index (χ2v) is 9.01. The number of thioether (sulfide) groups is 2. The molecule has 8 heteroatoms. The molecule has 1 saturated heterocycles. The molecule has 1 aromatic carbocycles. The van der Waals surface area contributed by atoms with Crippen LogP contribution in [0.1, 0.15) is 5.56 Å². The molecule has 1 fully saturated rings. The summed E-state index contributed by atoms with van der Waals surface area (Å²) in [5.74, 6) is 2.45. The standard InChI is InChI=1S/C13H18FNO3S3/c1-10-6-11(14)2-3-12(10)21(17,18)15-7-13(16)8-19-4-5-20-9-13/h2-3,6,15-16H,4-5,7-9H2,1H3. The molecule has 0 aliphatic carbocycles. The van der Waals surface area contributed by atoms with Crippen molar-refractivity contribution in [3.63, 3.8) is 0 Å². The Balaban J connectivity index is 2.10. The first-order chi connectivity index (χ1) is 9.82. The van der Waals surface area contributed by atoms with Crippen LogP contribution in [0.2, 0.25) is 0 Å². The summed E-state index contributed by atoms with van der Waals surface area (Å²) in [5, 5.41) is 10.4. The summed E-state index contributed by atoms with van der Waals surface area (Å²) in [6.45, 7) is 1.51. The molecule has 0 saturated carbocycles. The van der Waals surface area contributed by atoms with Crippen molar-refractivity contribution >= 4 is 33.5 Å². The molecule has 0 unspecified atom stereocenters. The minimum Gasteiger partial charge on any atom is -0.387 e. The van der Waals surface area contributed by atoms with Gasteiger partial charge in [-0.2, -0.15) is 23.5 Å². The number of aliphatic hydroxyl groups is 1. The van der Waals surface area contributed by atoms with Gasteiger partial charge in [-0.05, 0) is 30.7 Å². The summed E-state index contributed by atoms with van der Waals surface area (Å²) in [5.41, 5.74) is -0.702. The van der Waals surface area contributed by atoms with Crippen molar-refractivity contribution in [2.75, 3.05) is 29.6 Å². The Bertz CT molecular complexity index is 599. The van der Waals surface area contributed by atoms with Gasteiger partial charge in [-0.25, -0.2) is 17.5 Å². The zero-order valence-electron chi connectivity index (χ0n) is 11.6. The van der Waals surface area contributed by atoms with Gasteiger partial charge in [0.25, 0.3) is 0 Å². The van der Waals surface area contributed by atoms with Gasteiger partial charge >= 0.3 is 0 Å². The van der Waals surface area contributed by atoms with E-state index in [-0.39, 0.29) is 11.4 Å². The molecule has 0 atom stereocenters. The SMILES string of the molecule is Cc1cc(F)ccc1S(=O)(=O)NCC1(O)CSCCSC1. The van der Waals surface area contributed by atoms with Crippen molar-refractivity contribution < 1.29 is 17.9 Å². The van der Waals surface area contributed by atoms with Crippen LogP contribution in [0.5, 0.6) is 0 Å². The highest BCUT2D eigenvalue weighted by atomic mass is 32.2. The number of benzene rings is 1. The normalized spacial score (nSPS) is 19.2. The first kappa shape index (κ1) is 17.1. The average Bonchev–Trinajstić information content (AvgIpc) is 2.62. The monoisotopic (exact) mass is 351 g/mol.